The average Bonchev–Trinajstić information content (AvgIpc) is 2.81. The van der Waals surface area contributed by atoms with Crippen LogP contribution in [0.1, 0.15) is 24.2 Å². The maximum Gasteiger partial charge on any atom is 0.255 e. The molecule has 0 radical (unpaired) electrons. The normalized spacial score (nSPS) is 14.6. The molecule has 1 N–H and O–H groups in total. The monoisotopic (exact) mass is 464 g/mol. The molecule has 0 aliphatic carbocycles. The molecule has 0 unspecified atom stereocenters. The lowest BCUT2D eigenvalue weighted by atomic mass is 10.1. The number of sulfonamides is 1. The van der Waals surface area contributed by atoms with Gasteiger partial charge in [0.05, 0.1) is 44.1 Å². The van der Waals surface area contributed by atoms with Crippen LogP contribution in [0.3, 0.4) is 0 Å². The fraction of sp³-hybridized carbons (Fsp3) is 0.409. The maximum absolute atomic E-state index is 13.0. The molecule has 174 valence electrons. The standard InChI is InChI=1S/C22H28N2O7S/c1-4-30-20-8-6-16(14-21(20)31-5-2)22(25)23-18-15-17(7-9-19(18)28-3)32(26,27)24-10-12-29-13-11-24/h6-9,14-15H,4-5,10-13H2,1-3H3,(H,23,25). The molecular formula is C22H28N2O7S. The largest absolute Gasteiger partial charge is 0.495 e. The zero-order chi connectivity index (χ0) is 23.1. The average molecular weight is 465 g/mol. The zero-order valence-corrected chi connectivity index (χ0v) is 19.2. The third-order valence-corrected chi connectivity index (χ3v) is 6.73. The van der Waals surface area contributed by atoms with E-state index >= 15 is 0 Å². The number of anilines is 1. The molecule has 1 aliphatic rings. The summed E-state index contributed by atoms with van der Waals surface area (Å²) in [7, 11) is -2.28. The van der Waals surface area contributed by atoms with Crippen LogP contribution in [0.5, 0.6) is 17.2 Å². The summed E-state index contributed by atoms with van der Waals surface area (Å²) in [6.07, 6.45) is 0. The van der Waals surface area contributed by atoms with Crippen molar-refractivity contribution in [3.63, 3.8) is 0 Å². The first-order chi connectivity index (χ1) is 15.4. The van der Waals surface area contributed by atoms with Gasteiger partial charge in [-0.25, -0.2) is 8.42 Å². The predicted octanol–water partition coefficient (Wildman–Crippen LogP) is 2.77. The highest BCUT2D eigenvalue weighted by atomic mass is 32.2. The highest BCUT2D eigenvalue weighted by Gasteiger charge is 2.27. The van der Waals surface area contributed by atoms with Crippen molar-refractivity contribution in [2.45, 2.75) is 18.7 Å². The second-order valence-electron chi connectivity index (χ2n) is 6.86. The molecule has 1 amide bonds. The molecular weight excluding hydrogens is 436 g/mol. The molecule has 1 heterocycles. The molecule has 3 rings (SSSR count). The number of carbonyl (C=O) groups is 1. The number of ether oxygens (including phenoxy) is 4. The number of nitrogens with zero attached hydrogens (tertiary/aromatic N) is 1. The van der Waals surface area contributed by atoms with Crippen molar-refractivity contribution in [2.24, 2.45) is 0 Å². The van der Waals surface area contributed by atoms with Crippen LogP contribution in [0.4, 0.5) is 5.69 Å². The van der Waals surface area contributed by atoms with Crippen LogP contribution in [0, 0.1) is 0 Å². The van der Waals surface area contributed by atoms with Crippen molar-refractivity contribution in [2.75, 3.05) is 51.9 Å². The van der Waals surface area contributed by atoms with E-state index in [1.807, 2.05) is 13.8 Å². The predicted molar refractivity (Wildman–Crippen MR) is 119 cm³/mol. The van der Waals surface area contributed by atoms with E-state index in [1.54, 1.807) is 18.2 Å². The number of methoxy groups -OCH3 is 1. The maximum atomic E-state index is 13.0. The van der Waals surface area contributed by atoms with Crippen LogP contribution in [0.2, 0.25) is 0 Å². The molecule has 9 nitrogen and oxygen atoms in total. The lowest BCUT2D eigenvalue weighted by Crippen LogP contribution is -2.40. The van der Waals surface area contributed by atoms with Crippen molar-refractivity contribution in [1.29, 1.82) is 0 Å². The lowest BCUT2D eigenvalue weighted by Gasteiger charge is -2.26. The topological polar surface area (TPSA) is 103 Å². The van der Waals surface area contributed by atoms with Gasteiger partial charge >= 0.3 is 0 Å². The first kappa shape index (κ1) is 23.8. The first-order valence-electron chi connectivity index (χ1n) is 10.4. The van der Waals surface area contributed by atoms with Crippen LogP contribution in [-0.2, 0) is 14.8 Å². The fourth-order valence-corrected chi connectivity index (χ4v) is 4.70. The Morgan fingerprint density at radius 1 is 1.00 bits per heavy atom. The van der Waals surface area contributed by atoms with E-state index in [-0.39, 0.29) is 23.7 Å². The Morgan fingerprint density at radius 2 is 1.66 bits per heavy atom. The van der Waals surface area contributed by atoms with E-state index in [0.717, 1.165) is 0 Å². The van der Waals surface area contributed by atoms with E-state index in [4.69, 9.17) is 18.9 Å². The van der Waals surface area contributed by atoms with E-state index < -0.39 is 15.9 Å². The van der Waals surface area contributed by atoms with Crippen molar-refractivity contribution in [3.05, 3.63) is 42.0 Å². The van der Waals surface area contributed by atoms with Gasteiger partial charge in [-0.1, -0.05) is 0 Å². The van der Waals surface area contributed by atoms with E-state index in [2.05, 4.69) is 5.32 Å². The summed E-state index contributed by atoms with van der Waals surface area (Å²) < 4.78 is 49.0. The number of morpholine rings is 1. The van der Waals surface area contributed by atoms with Crippen molar-refractivity contribution in [1.82, 2.24) is 4.31 Å². The summed E-state index contributed by atoms with van der Waals surface area (Å²) in [6.45, 7) is 5.84. The Balaban J connectivity index is 1.88. The minimum atomic E-state index is -3.73. The number of nitrogens with one attached hydrogen (secondary N) is 1. The molecule has 2 aromatic rings. The summed E-state index contributed by atoms with van der Waals surface area (Å²) in [6, 6.07) is 9.25. The summed E-state index contributed by atoms with van der Waals surface area (Å²) in [5, 5.41) is 2.75. The number of hydrogen-bond donors (Lipinski definition) is 1. The quantitative estimate of drug-likeness (QED) is 0.609. The number of hydrogen-bond acceptors (Lipinski definition) is 7. The van der Waals surface area contributed by atoms with Crippen LogP contribution in [0.15, 0.2) is 41.3 Å². The second kappa shape index (κ2) is 10.7. The molecule has 10 heteroatoms. The van der Waals surface area contributed by atoms with Gasteiger partial charge in [-0.15, -0.1) is 0 Å². The summed E-state index contributed by atoms with van der Waals surface area (Å²) in [5.41, 5.74) is 0.582. The van der Waals surface area contributed by atoms with Crippen LogP contribution >= 0.6 is 0 Å². The minimum absolute atomic E-state index is 0.0669. The smallest absolute Gasteiger partial charge is 0.255 e. The number of amides is 1. The summed E-state index contributed by atoms with van der Waals surface area (Å²) in [4.78, 5) is 13.0. The van der Waals surface area contributed by atoms with Gasteiger partial charge in [-0.3, -0.25) is 4.79 Å². The third-order valence-electron chi connectivity index (χ3n) is 4.83. The van der Waals surface area contributed by atoms with Crippen LogP contribution < -0.4 is 19.5 Å². The SMILES string of the molecule is CCOc1ccc(C(=O)Nc2cc(S(=O)(=O)N3CCOCC3)ccc2OC)cc1OCC. The molecule has 0 saturated carbocycles. The highest BCUT2D eigenvalue weighted by Crippen LogP contribution is 2.32. The van der Waals surface area contributed by atoms with Gasteiger partial charge in [0.25, 0.3) is 5.91 Å². The van der Waals surface area contributed by atoms with Gasteiger partial charge in [0, 0.05) is 18.7 Å². The van der Waals surface area contributed by atoms with E-state index in [9.17, 15) is 13.2 Å². The van der Waals surface area contributed by atoms with Crippen LogP contribution in [0.25, 0.3) is 0 Å². The summed E-state index contributed by atoms with van der Waals surface area (Å²) >= 11 is 0. The Bertz CT molecular complexity index is 1050. The van der Waals surface area contributed by atoms with Gasteiger partial charge in [0.15, 0.2) is 11.5 Å². The molecule has 32 heavy (non-hydrogen) atoms. The van der Waals surface area contributed by atoms with E-state index in [1.165, 1.54) is 29.6 Å². The van der Waals surface area contributed by atoms with Crippen molar-refractivity contribution >= 4 is 21.6 Å². The number of rotatable bonds is 9. The van der Waals surface area contributed by atoms with Crippen molar-refractivity contribution < 1.29 is 32.2 Å². The molecule has 0 bridgehead atoms. The molecule has 0 atom stereocenters. The Morgan fingerprint density at radius 3 is 2.31 bits per heavy atom. The van der Waals surface area contributed by atoms with Gasteiger partial charge in [0.1, 0.15) is 5.75 Å². The Labute approximate surface area is 188 Å². The molecule has 1 fully saturated rings. The van der Waals surface area contributed by atoms with Gasteiger partial charge < -0.3 is 24.3 Å². The summed E-state index contributed by atoms with van der Waals surface area (Å²) in [5.74, 6) is 0.906. The van der Waals surface area contributed by atoms with Gasteiger partial charge in [0.2, 0.25) is 10.0 Å². The minimum Gasteiger partial charge on any atom is -0.495 e. The van der Waals surface area contributed by atoms with Crippen molar-refractivity contribution in [3.8, 4) is 17.2 Å². The highest BCUT2D eigenvalue weighted by molar-refractivity contribution is 7.89. The number of benzene rings is 2. The molecule has 0 spiro atoms. The van der Waals surface area contributed by atoms with Gasteiger partial charge in [-0.05, 0) is 50.2 Å². The lowest BCUT2D eigenvalue weighted by molar-refractivity contribution is 0.0730. The van der Waals surface area contributed by atoms with Gasteiger partial charge in [-0.2, -0.15) is 4.31 Å². The first-order valence-corrected chi connectivity index (χ1v) is 11.8. The van der Waals surface area contributed by atoms with Crippen LogP contribution in [-0.4, -0.2) is 65.3 Å². The second-order valence-corrected chi connectivity index (χ2v) is 8.80. The molecule has 1 saturated heterocycles. The number of carbonyl (C=O) groups excluding carboxylic acids is 1. The Kier molecular flexibility index (Phi) is 7.94. The zero-order valence-electron chi connectivity index (χ0n) is 18.4. The third kappa shape index (κ3) is 5.32. The molecule has 0 aromatic heterocycles. The Hall–Kier alpha value is -2.82. The molecule has 2 aromatic carbocycles. The van der Waals surface area contributed by atoms with E-state index in [0.29, 0.717) is 49.2 Å². The fourth-order valence-electron chi connectivity index (χ4n) is 3.27. The molecule has 1 aliphatic heterocycles.